The van der Waals surface area contributed by atoms with E-state index in [4.69, 9.17) is 4.52 Å². The highest BCUT2D eigenvalue weighted by Gasteiger charge is 2.23. The normalized spacial score (nSPS) is 11.7. The Morgan fingerprint density at radius 3 is 2.57 bits per heavy atom. The molecule has 2 aromatic heterocycles. The third-order valence-electron chi connectivity index (χ3n) is 4.26. The number of nitrogens with one attached hydrogen (secondary N) is 1. The number of benzene rings is 2. The lowest BCUT2D eigenvalue weighted by Crippen LogP contribution is -2.23. The van der Waals surface area contributed by atoms with Crippen LogP contribution in [-0.2, 0) is 16.6 Å². The minimum Gasteiger partial charge on any atom is -0.333 e. The Balaban J connectivity index is 1.56. The zero-order chi connectivity index (χ0) is 21.3. The molecule has 1 N–H and O–H groups in total. The van der Waals surface area contributed by atoms with Crippen molar-refractivity contribution in [3.05, 3.63) is 76.7 Å². The molecule has 0 unspecified atom stereocenters. The Hall–Kier alpha value is -2.95. The summed E-state index contributed by atoms with van der Waals surface area (Å²) in [6.45, 7) is 1.70. The molecule has 0 saturated carbocycles. The van der Waals surface area contributed by atoms with Crippen LogP contribution >= 0.6 is 11.3 Å². The lowest BCUT2D eigenvalue weighted by Gasteiger charge is -2.06. The van der Waals surface area contributed by atoms with Crippen LogP contribution in [0.4, 0.5) is 8.78 Å². The van der Waals surface area contributed by atoms with Gasteiger partial charge in [0.25, 0.3) is 5.89 Å². The summed E-state index contributed by atoms with van der Waals surface area (Å²) < 4.78 is 59.6. The Morgan fingerprint density at radius 1 is 1.07 bits per heavy atom. The molecule has 2 aromatic carbocycles. The molecule has 10 heteroatoms. The van der Waals surface area contributed by atoms with Gasteiger partial charge in [-0.05, 0) is 42.8 Å². The summed E-state index contributed by atoms with van der Waals surface area (Å²) in [7, 11) is -3.81. The first-order valence-corrected chi connectivity index (χ1v) is 11.1. The molecule has 6 nitrogen and oxygen atoms in total. The molecule has 0 spiro atoms. The fraction of sp³-hybridized carbons (Fsp3) is 0.100. The second-order valence-corrected chi connectivity index (χ2v) is 9.41. The van der Waals surface area contributed by atoms with Crippen molar-refractivity contribution in [2.45, 2.75) is 18.4 Å². The van der Waals surface area contributed by atoms with Crippen LogP contribution in [0.3, 0.4) is 0 Å². The molecular weight excluding hydrogens is 432 g/mol. The standard InChI is InChI=1S/C20H15F2N3O3S2/c1-12-18(30(26,27)23-11-13-5-7-15(21)8-6-13)10-17(29-12)20-24-19(25-28-20)14-3-2-4-16(22)9-14/h2-10,23H,11H2,1H3. The number of aromatic nitrogens is 2. The van der Waals surface area contributed by atoms with Crippen LogP contribution in [0.1, 0.15) is 10.4 Å². The zero-order valence-corrected chi connectivity index (χ0v) is 17.2. The number of rotatable bonds is 6. The number of sulfonamides is 1. The monoisotopic (exact) mass is 447 g/mol. The maximum absolute atomic E-state index is 13.4. The van der Waals surface area contributed by atoms with Gasteiger partial charge in [-0.3, -0.25) is 0 Å². The molecule has 0 aliphatic rings. The predicted molar refractivity (Wildman–Crippen MR) is 108 cm³/mol. The van der Waals surface area contributed by atoms with E-state index in [1.54, 1.807) is 13.0 Å². The van der Waals surface area contributed by atoms with Gasteiger partial charge in [-0.2, -0.15) is 4.98 Å². The van der Waals surface area contributed by atoms with Gasteiger partial charge in [0.05, 0.1) is 9.77 Å². The summed E-state index contributed by atoms with van der Waals surface area (Å²) >= 11 is 1.19. The summed E-state index contributed by atoms with van der Waals surface area (Å²) in [5.74, 6) is -0.472. The van der Waals surface area contributed by atoms with Gasteiger partial charge in [-0.1, -0.05) is 29.4 Å². The van der Waals surface area contributed by atoms with Crippen molar-refractivity contribution in [1.82, 2.24) is 14.9 Å². The van der Waals surface area contributed by atoms with E-state index in [0.717, 1.165) is 0 Å². The van der Waals surface area contributed by atoms with Crippen LogP contribution in [0.5, 0.6) is 0 Å². The molecule has 0 saturated heterocycles. The van der Waals surface area contributed by atoms with Crippen LogP contribution in [0, 0.1) is 18.6 Å². The molecule has 30 heavy (non-hydrogen) atoms. The number of hydrogen-bond donors (Lipinski definition) is 1. The predicted octanol–water partition coefficient (Wildman–Crippen LogP) is 4.53. The summed E-state index contributed by atoms with van der Waals surface area (Å²) in [6.07, 6.45) is 0. The first-order valence-electron chi connectivity index (χ1n) is 8.76. The van der Waals surface area contributed by atoms with Crippen molar-refractivity contribution >= 4 is 21.4 Å². The van der Waals surface area contributed by atoms with Crippen molar-refractivity contribution in [1.29, 1.82) is 0 Å². The Bertz CT molecular complexity index is 1300. The molecule has 0 radical (unpaired) electrons. The van der Waals surface area contributed by atoms with Crippen molar-refractivity contribution in [2.75, 3.05) is 0 Å². The second-order valence-electron chi connectivity index (χ2n) is 6.42. The molecule has 4 aromatic rings. The van der Waals surface area contributed by atoms with Gasteiger partial charge in [-0.15, -0.1) is 11.3 Å². The molecule has 0 fully saturated rings. The topological polar surface area (TPSA) is 85.1 Å². The third kappa shape index (κ3) is 4.30. The minimum absolute atomic E-state index is 0.0253. The highest BCUT2D eigenvalue weighted by Crippen LogP contribution is 2.33. The molecule has 154 valence electrons. The molecule has 0 aliphatic heterocycles. The summed E-state index contributed by atoms with van der Waals surface area (Å²) in [5, 5.41) is 3.85. The Kier molecular flexibility index (Phi) is 5.46. The summed E-state index contributed by atoms with van der Waals surface area (Å²) in [6, 6.07) is 12.8. The van der Waals surface area contributed by atoms with Crippen molar-refractivity contribution < 1.29 is 21.7 Å². The van der Waals surface area contributed by atoms with Crippen molar-refractivity contribution in [3.63, 3.8) is 0 Å². The van der Waals surface area contributed by atoms with E-state index < -0.39 is 21.7 Å². The molecular formula is C20H15F2N3O3S2. The van der Waals surface area contributed by atoms with Gasteiger partial charge in [0, 0.05) is 17.0 Å². The van der Waals surface area contributed by atoms with Crippen LogP contribution in [0.25, 0.3) is 22.2 Å². The van der Waals surface area contributed by atoms with Crippen LogP contribution < -0.4 is 4.72 Å². The van der Waals surface area contributed by atoms with Crippen molar-refractivity contribution in [2.24, 2.45) is 0 Å². The quantitative estimate of drug-likeness (QED) is 0.469. The van der Waals surface area contributed by atoms with E-state index in [9.17, 15) is 17.2 Å². The number of aryl methyl sites for hydroxylation is 1. The highest BCUT2D eigenvalue weighted by molar-refractivity contribution is 7.89. The van der Waals surface area contributed by atoms with Crippen LogP contribution in [0.15, 0.2) is 64.0 Å². The molecule has 0 aliphatic carbocycles. The third-order valence-corrected chi connectivity index (χ3v) is 6.96. The van der Waals surface area contributed by atoms with Gasteiger partial charge in [0.2, 0.25) is 15.8 Å². The first-order chi connectivity index (χ1) is 14.3. The van der Waals surface area contributed by atoms with Gasteiger partial charge >= 0.3 is 0 Å². The van der Waals surface area contributed by atoms with E-state index in [-0.39, 0.29) is 23.2 Å². The van der Waals surface area contributed by atoms with E-state index >= 15 is 0 Å². The summed E-state index contributed by atoms with van der Waals surface area (Å²) in [5.41, 5.74) is 1.08. The Labute approximate surface area is 175 Å². The average Bonchev–Trinajstić information content (AvgIpc) is 3.35. The highest BCUT2D eigenvalue weighted by atomic mass is 32.2. The lowest BCUT2D eigenvalue weighted by molar-refractivity contribution is 0.433. The average molecular weight is 447 g/mol. The van der Waals surface area contributed by atoms with Gasteiger partial charge in [0.1, 0.15) is 11.6 Å². The van der Waals surface area contributed by atoms with E-state index in [1.807, 2.05) is 0 Å². The smallest absolute Gasteiger partial charge is 0.268 e. The minimum atomic E-state index is -3.81. The molecule has 2 heterocycles. The second kappa shape index (κ2) is 8.05. The van der Waals surface area contributed by atoms with E-state index in [0.29, 0.717) is 20.9 Å². The Morgan fingerprint density at radius 2 is 1.83 bits per heavy atom. The fourth-order valence-electron chi connectivity index (χ4n) is 2.76. The number of thiophene rings is 1. The van der Waals surface area contributed by atoms with Gasteiger partial charge < -0.3 is 4.52 Å². The maximum Gasteiger partial charge on any atom is 0.268 e. The van der Waals surface area contributed by atoms with Gasteiger partial charge in [-0.25, -0.2) is 21.9 Å². The summed E-state index contributed by atoms with van der Waals surface area (Å²) in [4.78, 5) is 5.36. The number of halogens is 2. The molecule has 0 atom stereocenters. The SMILES string of the molecule is Cc1sc(-c2nc(-c3cccc(F)c3)no2)cc1S(=O)(=O)NCc1ccc(F)cc1. The van der Waals surface area contributed by atoms with Gasteiger partial charge in [0.15, 0.2) is 0 Å². The number of nitrogens with zero attached hydrogens (tertiary/aromatic N) is 2. The first kappa shape index (κ1) is 20.3. The van der Waals surface area contributed by atoms with Crippen LogP contribution in [0.2, 0.25) is 0 Å². The molecule has 4 rings (SSSR count). The van der Waals surface area contributed by atoms with E-state index in [1.165, 1.54) is 59.9 Å². The molecule has 0 amide bonds. The van der Waals surface area contributed by atoms with Crippen LogP contribution in [-0.4, -0.2) is 18.6 Å². The fourth-order valence-corrected chi connectivity index (χ4v) is 5.29. The number of hydrogen-bond acceptors (Lipinski definition) is 6. The maximum atomic E-state index is 13.4. The van der Waals surface area contributed by atoms with Crippen molar-refractivity contribution in [3.8, 4) is 22.2 Å². The largest absolute Gasteiger partial charge is 0.333 e. The van der Waals surface area contributed by atoms with E-state index in [2.05, 4.69) is 14.9 Å². The zero-order valence-electron chi connectivity index (χ0n) is 15.6. The molecule has 0 bridgehead atoms. The lowest BCUT2D eigenvalue weighted by atomic mass is 10.2.